The molecule has 1 aromatic heterocycles. The number of hydrogen-bond acceptors (Lipinski definition) is 3. The summed E-state index contributed by atoms with van der Waals surface area (Å²) in [5.74, 6) is 0. The lowest BCUT2D eigenvalue weighted by atomic mass is 9.91. The second-order valence-electron chi connectivity index (χ2n) is 5.12. The molecule has 0 fully saturated rings. The van der Waals surface area contributed by atoms with Gasteiger partial charge in [0.25, 0.3) is 10.0 Å². The summed E-state index contributed by atoms with van der Waals surface area (Å²) in [6.45, 7) is 1.91. The maximum atomic E-state index is 12.4. The van der Waals surface area contributed by atoms with E-state index in [1.807, 2.05) is 25.1 Å². The number of aryl methyl sites for hydroxylation is 2. The molecule has 1 aromatic carbocycles. The Morgan fingerprint density at radius 2 is 1.90 bits per heavy atom. The molecule has 0 unspecified atom stereocenters. The van der Waals surface area contributed by atoms with Gasteiger partial charge in [0.05, 0.1) is 5.69 Å². The monoisotopic (exact) mass is 307 g/mol. The fourth-order valence-electron chi connectivity index (χ4n) is 2.63. The first-order chi connectivity index (χ1) is 9.56. The Morgan fingerprint density at radius 3 is 2.65 bits per heavy atom. The summed E-state index contributed by atoms with van der Waals surface area (Å²) < 4.78 is 27.9. The zero-order valence-corrected chi connectivity index (χ0v) is 13.0. The van der Waals surface area contributed by atoms with Gasteiger partial charge in [0.1, 0.15) is 4.21 Å². The molecule has 20 heavy (non-hydrogen) atoms. The SMILES string of the molecule is Cc1ccc(S(=O)(=O)Nc2cccc3c2CCCC3)s1. The first-order valence-corrected chi connectivity index (χ1v) is 9.06. The number of fused-ring (bicyclic) bond motifs is 1. The Balaban J connectivity index is 1.95. The van der Waals surface area contributed by atoms with E-state index < -0.39 is 10.0 Å². The maximum Gasteiger partial charge on any atom is 0.271 e. The van der Waals surface area contributed by atoms with Crippen LogP contribution in [0.25, 0.3) is 0 Å². The summed E-state index contributed by atoms with van der Waals surface area (Å²) in [5.41, 5.74) is 3.18. The van der Waals surface area contributed by atoms with E-state index in [1.165, 1.54) is 23.3 Å². The first-order valence-electron chi connectivity index (χ1n) is 6.76. The quantitative estimate of drug-likeness (QED) is 0.939. The number of anilines is 1. The van der Waals surface area contributed by atoms with Crippen molar-refractivity contribution in [3.05, 3.63) is 46.3 Å². The smallest absolute Gasteiger partial charge is 0.271 e. The largest absolute Gasteiger partial charge is 0.279 e. The number of benzene rings is 1. The molecule has 3 nitrogen and oxygen atoms in total. The van der Waals surface area contributed by atoms with Gasteiger partial charge in [-0.3, -0.25) is 4.72 Å². The highest BCUT2D eigenvalue weighted by atomic mass is 32.2. The van der Waals surface area contributed by atoms with Crippen LogP contribution < -0.4 is 4.72 Å². The average molecular weight is 307 g/mol. The molecule has 3 rings (SSSR count). The minimum Gasteiger partial charge on any atom is -0.279 e. The maximum absolute atomic E-state index is 12.4. The summed E-state index contributed by atoms with van der Waals surface area (Å²) in [4.78, 5) is 1.00. The molecule has 1 N–H and O–H groups in total. The summed E-state index contributed by atoms with van der Waals surface area (Å²) in [6, 6.07) is 9.39. The molecule has 0 radical (unpaired) electrons. The van der Waals surface area contributed by atoms with Gasteiger partial charge in [0.15, 0.2) is 0 Å². The molecule has 0 spiro atoms. The highest BCUT2D eigenvalue weighted by Crippen LogP contribution is 2.30. The molecule has 1 aliphatic carbocycles. The van der Waals surface area contributed by atoms with Crippen molar-refractivity contribution in [3.63, 3.8) is 0 Å². The van der Waals surface area contributed by atoms with Gasteiger partial charge in [-0.25, -0.2) is 8.42 Å². The van der Waals surface area contributed by atoms with E-state index in [1.54, 1.807) is 6.07 Å². The third-order valence-corrected chi connectivity index (χ3v) is 6.48. The molecule has 5 heteroatoms. The molecule has 0 bridgehead atoms. The third kappa shape index (κ3) is 2.60. The van der Waals surface area contributed by atoms with E-state index in [-0.39, 0.29) is 0 Å². The minimum absolute atomic E-state index is 0.378. The van der Waals surface area contributed by atoms with Crippen LogP contribution in [0, 0.1) is 6.92 Å². The fourth-order valence-corrected chi connectivity index (χ4v) is 5.00. The highest BCUT2D eigenvalue weighted by Gasteiger charge is 2.20. The summed E-state index contributed by atoms with van der Waals surface area (Å²) >= 11 is 1.30. The van der Waals surface area contributed by atoms with Gasteiger partial charge in [-0.2, -0.15) is 0 Å². The third-order valence-electron chi connectivity index (χ3n) is 3.62. The van der Waals surface area contributed by atoms with Crippen molar-refractivity contribution in [2.24, 2.45) is 0 Å². The predicted molar refractivity (Wildman–Crippen MR) is 82.9 cm³/mol. The van der Waals surface area contributed by atoms with Crippen molar-refractivity contribution in [3.8, 4) is 0 Å². The number of thiophene rings is 1. The Hall–Kier alpha value is -1.33. The van der Waals surface area contributed by atoms with Crippen LogP contribution in [0.4, 0.5) is 5.69 Å². The summed E-state index contributed by atoms with van der Waals surface area (Å²) in [5, 5.41) is 0. The van der Waals surface area contributed by atoms with Crippen molar-refractivity contribution in [2.75, 3.05) is 4.72 Å². The van der Waals surface area contributed by atoms with Gasteiger partial charge in [-0.1, -0.05) is 12.1 Å². The Labute approximate surface area is 123 Å². The van der Waals surface area contributed by atoms with Crippen LogP contribution in [0.1, 0.15) is 28.8 Å². The summed E-state index contributed by atoms with van der Waals surface area (Å²) in [6.07, 6.45) is 4.32. The minimum atomic E-state index is -3.46. The van der Waals surface area contributed by atoms with Gasteiger partial charge >= 0.3 is 0 Å². The van der Waals surface area contributed by atoms with Crippen LogP contribution in [0.2, 0.25) is 0 Å². The van der Waals surface area contributed by atoms with Crippen molar-refractivity contribution in [1.82, 2.24) is 0 Å². The van der Waals surface area contributed by atoms with Crippen LogP contribution in [-0.2, 0) is 22.9 Å². The summed E-state index contributed by atoms with van der Waals surface area (Å²) in [7, 11) is -3.46. The molecule has 0 amide bonds. The Morgan fingerprint density at radius 1 is 1.10 bits per heavy atom. The fraction of sp³-hybridized carbons (Fsp3) is 0.333. The Bertz CT molecular complexity index is 732. The van der Waals surface area contributed by atoms with Gasteiger partial charge in [-0.15, -0.1) is 11.3 Å². The number of nitrogens with one attached hydrogen (secondary N) is 1. The molecule has 1 aliphatic rings. The second-order valence-corrected chi connectivity index (χ2v) is 8.32. The van der Waals surface area contributed by atoms with E-state index in [0.29, 0.717) is 4.21 Å². The van der Waals surface area contributed by atoms with E-state index in [0.717, 1.165) is 35.4 Å². The average Bonchev–Trinajstić information content (AvgIpc) is 2.86. The van der Waals surface area contributed by atoms with E-state index in [2.05, 4.69) is 10.8 Å². The second kappa shape index (κ2) is 5.22. The van der Waals surface area contributed by atoms with E-state index in [9.17, 15) is 8.42 Å². The molecular formula is C15H17NO2S2. The molecule has 0 atom stereocenters. The topological polar surface area (TPSA) is 46.2 Å². The van der Waals surface area contributed by atoms with E-state index in [4.69, 9.17) is 0 Å². The molecular weight excluding hydrogens is 290 g/mol. The van der Waals surface area contributed by atoms with Crippen molar-refractivity contribution in [2.45, 2.75) is 36.8 Å². The molecule has 2 aromatic rings. The van der Waals surface area contributed by atoms with Crippen LogP contribution in [0.15, 0.2) is 34.5 Å². The highest BCUT2D eigenvalue weighted by molar-refractivity contribution is 7.94. The van der Waals surface area contributed by atoms with Crippen LogP contribution in [0.5, 0.6) is 0 Å². The van der Waals surface area contributed by atoms with Gasteiger partial charge < -0.3 is 0 Å². The lowest BCUT2D eigenvalue weighted by Gasteiger charge is -2.19. The van der Waals surface area contributed by atoms with Crippen LogP contribution in [0.3, 0.4) is 0 Å². The first kappa shape index (κ1) is 13.6. The molecule has 0 saturated carbocycles. The predicted octanol–water partition coefficient (Wildman–Crippen LogP) is 3.74. The zero-order chi connectivity index (χ0) is 14.2. The van der Waals surface area contributed by atoms with Crippen molar-refractivity contribution >= 4 is 27.0 Å². The zero-order valence-electron chi connectivity index (χ0n) is 11.3. The van der Waals surface area contributed by atoms with Crippen LogP contribution in [-0.4, -0.2) is 8.42 Å². The standard InChI is InChI=1S/C15H17NO2S2/c1-11-9-10-15(19-11)20(17,18)16-14-8-4-6-12-5-2-3-7-13(12)14/h4,6,8-10,16H,2-3,5,7H2,1H3. The molecule has 106 valence electrons. The number of rotatable bonds is 3. The van der Waals surface area contributed by atoms with E-state index >= 15 is 0 Å². The lowest BCUT2D eigenvalue weighted by Crippen LogP contribution is -2.15. The van der Waals surface area contributed by atoms with Gasteiger partial charge in [0.2, 0.25) is 0 Å². The molecule has 0 aliphatic heterocycles. The van der Waals surface area contributed by atoms with Crippen molar-refractivity contribution in [1.29, 1.82) is 0 Å². The van der Waals surface area contributed by atoms with Crippen LogP contribution >= 0.6 is 11.3 Å². The lowest BCUT2D eigenvalue weighted by molar-refractivity contribution is 0.603. The normalized spacial score (nSPS) is 14.8. The number of hydrogen-bond donors (Lipinski definition) is 1. The number of sulfonamides is 1. The molecule has 0 saturated heterocycles. The van der Waals surface area contributed by atoms with Gasteiger partial charge in [0, 0.05) is 4.88 Å². The van der Waals surface area contributed by atoms with Crippen molar-refractivity contribution < 1.29 is 8.42 Å². The van der Waals surface area contributed by atoms with Gasteiger partial charge in [-0.05, 0) is 61.9 Å². The molecule has 1 heterocycles. The Kier molecular flexibility index (Phi) is 3.56.